The molecule has 0 aliphatic heterocycles. The van der Waals surface area contributed by atoms with Crippen molar-refractivity contribution in [3.05, 3.63) is 64.4 Å². The van der Waals surface area contributed by atoms with E-state index in [2.05, 4.69) is 27.5 Å². The monoisotopic (exact) mass is 386 g/mol. The molecule has 2 aromatic heterocycles. The molecule has 124 valence electrons. The van der Waals surface area contributed by atoms with Crippen molar-refractivity contribution in [3.8, 4) is 17.0 Å². The van der Waals surface area contributed by atoms with Crippen LogP contribution < -0.4 is 4.74 Å². The number of fused-ring (bicyclic) bond motifs is 1. The summed E-state index contributed by atoms with van der Waals surface area (Å²) in [5.41, 5.74) is 5.38. The molecule has 4 nitrogen and oxygen atoms in total. The van der Waals surface area contributed by atoms with Gasteiger partial charge in [0.15, 0.2) is 0 Å². The highest BCUT2D eigenvalue weighted by Gasteiger charge is 2.14. The van der Waals surface area contributed by atoms with Crippen LogP contribution in [-0.4, -0.2) is 21.1 Å². The van der Waals surface area contributed by atoms with E-state index in [9.17, 15) is 5.11 Å². The molecule has 0 unspecified atom stereocenters. The molecule has 3 rings (SSSR count). The van der Waals surface area contributed by atoms with Crippen LogP contribution in [0, 0.1) is 6.92 Å². The first-order valence-electron chi connectivity index (χ1n) is 7.65. The highest BCUT2D eigenvalue weighted by Crippen LogP contribution is 2.28. The minimum atomic E-state index is -0.0834. The smallest absolute Gasteiger partial charge is 0.138 e. The van der Waals surface area contributed by atoms with Crippen LogP contribution in [0.3, 0.4) is 0 Å². The lowest BCUT2D eigenvalue weighted by atomic mass is 10.1. The number of pyridine rings is 1. The lowest BCUT2D eigenvalue weighted by Gasteiger charge is -2.07. The summed E-state index contributed by atoms with van der Waals surface area (Å²) in [4.78, 5) is 4.69. The van der Waals surface area contributed by atoms with E-state index in [4.69, 9.17) is 4.74 Å². The van der Waals surface area contributed by atoms with E-state index in [1.807, 2.05) is 54.8 Å². The molecule has 24 heavy (non-hydrogen) atoms. The highest BCUT2D eigenvalue weighted by atomic mass is 79.9. The van der Waals surface area contributed by atoms with E-state index < -0.39 is 0 Å². The van der Waals surface area contributed by atoms with Crippen LogP contribution in [0.2, 0.25) is 0 Å². The van der Waals surface area contributed by atoms with E-state index in [-0.39, 0.29) is 6.61 Å². The summed E-state index contributed by atoms with van der Waals surface area (Å²) in [6, 6.07) is 9.72. The van der Waals surface area contributed by atoms with Gasteiger partial charge < -0.3 is 9.84 Å². The quantitative estimate of drug-likeness (QED) is 0.655. The molecule has 0 saturated heterocycles. The number of hydrogen-bond donors (Lipinski definition) is 1. The number of hydrogen-bond acceptors (Lipinski definition) is 3. The van der Waals surface area contributed by atoms with E-state index in [1.165, 1.54) is 0 Å². The van der Waals surface area contributed by atoms with Gasteiger partial charge in [0, 0.05) is 16.2 Å². The van der Waals surface area contributed by atoms with Crippen molar-refractivity contribution in [2.24, 2.45) is 0 Å². The number of benzene rings is 1. The number of nitrogens with zero attached hydrogens (tertiary/aromatic N) is 2. The zero-order valence-corrected chi connectivity index (χ0v) is 15.3. The molecule has 1 aromatic carbocycles. The Bertz CT molecular complexity index is 898. The van der Waals surface area contributed by atoms with Crippen LogP contribution in [0.5, 0.6) is 5.75 Å². The molecule has 2 heterocycles. The first-order chi connectivity index (χ1) is 11.5. The van der Waals surface area contributed by atoms with Crippen LogP contribution in [0.15, 0.2) is 53.2 Å². The summed E-state index contributed by atoms with van der Waals surface area (Å²) in [5.74, 6) is 0.787. The largest absolute Gasteiger partial charge is 0.489 e. The average molecular weight is 387 g/mol. The van der Waals surface area contributed by atoms with Crippen molar-refractivity contribution in [1.29, 1.82) is 0 Å². The van der Waals surface area contributed by atoms with E-state index in [0.717, 1.165) is 44.0 Å². The summed E-state index contributed by atoms with van der Waals surface area (Å²) < 4.78 is 8.52. The van der Waals surface area contributed by atoms with Crippen LogP contribution in [0.4, 0.5) is 0 Å². The molecule has 1 N–H and O–H groups in total. The highest BCUT2D eigenvalue weighted by molar-refractivity contribution is 9.10. The zero-order chi connectivity index (χ0) is 17.3. The SMILES string of the molecule is C=C(C)COc1ccc(-c2nc3cc(C)c(Br)cn3c2CO)cc1. The van der Waals surface area contributed by atoms with Crippen LogP contribution in [0.25, 0.3) is 16.9 Å². The van der Waals surface area contributed by atoms with Gasteiger partial charge in [0.25, 0.3) is 0 Å². The molecular weight excluding hydrogens is 368 g/mol. The molecule has 0 atom stereocenters. The second-order valence-corrected chi connectivity index (χ2v) is 6.72. The molecule has 0 spiro atoms. The molecule has 0 aliphatic rings. The Morgan fingerprint density at radius 1 is 1.33 bits per heavy atom. The van der Waals surface area contributed by atoms with E-state index in [1.54, 1.807) is 0 Å². The second kappa shape index (κ2) is 6.79. The maximum atomic E-state index is 9.82. The van der Waals surface area contributed by atoms with Gasteiger partial charge in [-0.25, -0.2) is 4.98 Å². The maximum Gasteiger partial charge on any atom is 0.138 e. The predicted octanol–water partition coefficient (Wildman–Crippen LogP) is 4.52. The fourth-order valence-corrected chi connectivity index (χ4v) is 2.83. The normalized spacial score (nSPS) is 11.0. The van der Waals surface area contributed by atoms with Crippen LogP contribution in [-0.2, 0) is 6.61 Å². The van der Waals surface area contributed by atoms with Crippen LogP contribution >= 0.6 is 15.9 Å². The third-order valence-electron chi connectivity index (χ3n) is 3.76. The van der Waals surface area contributed by atoms with Crippen molar-refractivity contribution < 1.29 is 9.84 Å². The number of aliphatic hydroxyl groups excluding tert-OH is 1. The summed E-state index contributed by atoms with van der Waals surface area (Å²) in [6.07, 6.45) is 1.94. The van der Waals surface area contributed by atoms with Crippen molar-refractivity contribution in [2.45, 2.75) is 20.5 Å². The molecular formula is C19H19BrN2O2. The number of ether oxygens (including phenoxy) is 1. The van der Waals surface area contributed by atoms with Gasteiger partial charge in [0.1, 0.15) is 18.0 Å². The Kier molecular flexibility index (Phi) is 4.73. The minimum Gasteiger partial charge on any atom is -0.489 e. The first-order valence-corrected chi connectivity index (χ1v) is 8.44. The third-order valence-corrected chi connectivity index (χ3v) is 4.60. The molecule has 3 aromatic rings. The van der Waals surface area contributed by atoms with E-state index in [0.29, 0.717) is 6.61 Å². The number of imidazole rings is 1. The minimum absolute atomic E-state index is 0.0834. The standard InChI is InChI=1S/C19H19BrN2O2/c1-12(2)11-24-15-6-4-14(5-7-15)19-17(10-23)22-9-16(20)13(3)8-18(22)21-19/h4-9,23H,1,10-11H2,2-3H3. The lowest BCUT2D eigenvalue weighted by molar-refractivity contribution is 0.276. The van der Waals surface area contributed by atoms with Gasteiger partial charge in [-0.3, -0.25) is 4.40 Å². The van der Waals surface area contributed by atoms with Gasteiger partial charge in [-0.2, -0.15) is 0 Å². The molecule has 0 radical (unpaired) electrons. The summed E-state index contributed by atoms with van der Waals surface area (Å²) in [5, 5.41) is 9.82. The van der Waals surface area contributed by atoms with E-state index >= 15 is 0 Å². The number of aromatic nitrogens is 2. The Hall–Kier alpha value is -2.11. The van der Waals surface area contributed by atoms with Crippen molar-refractivity contribution >= 4 is 21.6 Å². The first kappa shape index (κ1) is 16.7. The number of aliphatic hydroxyl groups is 1. The van der Waals surface area contributed by atoms with Crippen molar-refractivity contribution in [3.63, 3.8) is 0 Å². The molecule has 0 amide bonds. The van der Waals surface area contributed by atoms with Gasteiger partial charge in [0.2, 0.25) is 0 Å². The summed E-state index contributed by atoms with van der Waals surface area (Å²) in [6.45, 7) is 8.19. The molecule has 0 fully saturated rings. The Balaban J connectivity index is 2.01. The van der Waals surface area contributed by atoms with Crippen molar-refractivity contribution in [1.82, 2.24) is 9.38 Å². The fourth-order valence-electron chi connectivity index (χ4n) is 2.51. The maximum absolute atomic E-state index is 9.82. The van der Waals surface area contributed by atoms with Gasteiger partial charge in [-0.15, -0.1) is 0 Å². The lowest BCUT2D eigenvalue weighted by Crippen LogP contribution is -1.97. The Morgan fingerprint density at radius 2 is 2.04 bits per heavy atom. The zero-order valence-electron chi connectivity index (χ0n) is 13.7. The fraction of sp³-hybridized carbons (Fsp3) is 0.211. The number of rotatable bonds is 5. The molecule has 5 heteroatoms. The topological polar surface area (TPSA) is 46.8 Å². The molecule has 0 bridgehead atoms. The summed E-state index contributed by atoms with van der Waals surface area (Å²) in [7, 11) is 0. The Morgan fingerprint density at radius 3 is 2.67 bits per heavy atom. The average Bonchev–Trinajstić information content (AvgIpc) is 2.91. The van der Waals surface area contributed by atoms with Crippen LogP contribution in [0.1, 0.15) is 18.2 Å². The second-order valence-electron chi connectivity index (χ2n) is 5.87. The Labute approximate surface area is 149 Å². The third kappa shape index (κ3) is 3.23. The molecule has 0 saturated carbocycles. The van der Waals surface area contributed by atoms with Gasteiger partial charge in [-0.05, 0) is 71.2 Å². The number of aryl methyl sites for hydroxylation is 1. The van der Waals surface area contributed by atoms with Crippen molar-refractivity contribution in [2.75, 3.05) is 6.61 Å². The van der Waals surface area contributed by atoms with Gasteiger partial charge in [-0.1, -0.05) is 6.58 Å². The van der Waals surface area contributed by atoms with Gasteiger partial charge in [0.05, 0.1) is 18.0 Å². The van der Waals surface area contributed by atoms with Gasteiger partial charge >= 0.3 is 0 Å². The predicted molar refractivity (Wildman–Crippen MR) is 99.3 cm³/mol. The number of halogens is 1. The summed E-state index contributed by atoms with van der Waals surface area (Å²) >= 11 is 3.53. The molecule has 0 aliphatic carbocycles.